The molecule has 0 amide bonds. The molecule has 0 saturated carbocycles. The van der Waals surface area contributed by atoms with E-state index in [0.717, 1.165) is 31.9 Å². The Morgan fingerprint density at radius 1 is 1.17 bits per heavy atom. The molecule has 6 nitrogen and oxygen atoms in total. The van der Waals surface area contributed by atoms with Crippen molar-refractivity contribution in [2.75, 3.05) is 52.9 Å². The molecular weight excluding hydrogens is 228 g/mol. The monoisotopic (exact) mass is 252 g/mol. The summed E-state index contributed by atoms with van der Waals surface area (Å²) in [5, 5.41) is 7.71. The van der Waals surface area contributed by atoms with E-state index in [9.17, 15) is 0 Å². The van der Waals surface area contributed by atoms with Crippen molar-refractivity contribution in [1.82, 2.24) is 29.9 Å². The molecule has 0 bridgehead atoms. The molecule has 1 aromatic rings. The number of nitrogens with one attached hydrogen (secondary N) is 1. The van der Waals surface area contributed by atoms with Gasteiger partial charge in [0.25, 0.3) is 0 Å². The van der Waals surface area contributed by atoms with Crippen molar-refractivity contribution in [2.45, 2.75) is 6.42 Å². The van der Waals surface area contributed by atoms with E-state index in [1.165, 1.54) is 26.2 Å². The van der Waals surface area contributed by atoms with Gasteiger partial charge < -0.3 is 10.2 Å². The summed E-state index contributed by atoms with van der Waals surface area (Å²) >= 11 is 0. The van der Waals surface area contributed by atoms with Gasteiger partial charge in [0.2, 0.25) is 0 Å². The van der Waals surface area contributed by atoms with E-state index in [1.54, 1.807) is 11.0 Å². The number of nitrogens with zero attached hydrogens (tertiary/aromatic N) is 5. The van der Waals surface area contributed by atoms with Crippen molar-refractivity contribution < 1.29 is 0 Å². The summed E-state index contributed by atoms with van der Waals surface area (Å²) in [5.41, 5.74) is 0. The van der Waals surface area contributed by atoms with Gasteiger partial charge in [-0.2, -0.15) is 5.10 Å². The fraction of sp³-hybridized carbons (Fsp3) is 0.833. The first-order valence-corrected chi connectivity index (χ1v) is 6.70. The topological polar surface area (TPSA) is 49.2 Å². The Labute approximate surface area is 109 Å². The molecule has 18 heavy (non-hydrogen) atoms. The predicted molar refractivity (Wildman–Crippen MR) is 71.5 cm³/mol. The second-order valence-corrected chi connectivity index (χ2v) is 4.98. The molecule has 2 rings (SSSR count). The third-order valence-electron chi connectivity index (χ3n) is 3.37. The highest BCUT2D eigenvalue weighted by atomic mass is 15.3. The van der Waals surface area contributed by atoms with E-state index in [2.05, 4.69) is 32.2 Å². The number of rotatable bonds is 6. The predicted octanol–water partition coefficient (Wildman–Crippen LogP) is -0.805. The zero-order valence-corrected chi connectivity index (χ0v) is 11.5. The molecule has 0 aliphatic carbocycles. The van der Waals surface area contributed by atoms with E-state index in [1.807, 2.05) is 7.05 Å². The minimum atomic E-state index is 0.906. The van der Waals surface area contributed by atoms with Crippen LogP contribution in [0.4, 0.5) is 0 Å². The Kier molecular flexibility index (Phi) is 5.10. The Balaban J connectivity index is 1.51. The molecule has 1 fully saturated rings. The molecule has 0 atom stereocenters. The molecule has 0 spiro atoms. The Morgan fingerprint density at radius 2 is 1.94 bits per heavy atom. The molecule has 1 N–H and O–H groups in total. The minimum absolute atomic E-state index is 0.906. The van der Waals surface area contributed by atoms with Crippen molar-refractivity contribution in [3.05, 3.63) is 12.2 Å². The molecule has 6 heteroatoms. The van der Waals surface area contributed by atoms with Gasteiger partial charge in [-0.3, -0.25) is 9.58 Å². The highest BCUT2D eigenvalue weighted by Crippen LogP contribution is 1.97. The van der Waals surface area contributed by atoms with Gasteiger partial charge in [-0.25, -0.2) is 4.98 Å². The van der Waals surface area contributed by atoms with Crippen molar-refractivity contribution in [3.63, 3.8) is 0 Å². The van der Waals surface area contributed by atoms with Gasteiger partial charge in [0.05, 0.1) is 0 Å². The van der Waals surface area contributed by atoms with Gasteiger partial charge in [-0.1, -0.05) is 0 Å². The zero-order chi connectivity index (χ0) is 12.8. The average molecular weight is 252 g/mol. The SMILES string of the molecule is CN1CCN(CCNCCc2ncn(C)n2)CC1. The number of likely N-dealkylation sites (N-methyl/N-ethyl adjacent to an activating group) is 1. The third-order valence-corrected chi connectivity index (χ3v) is 3.37. The number of hydrogen-bond donors (Lipinski definition) is 1. The van der Waals surface area contributed by atoms with Crippen LogP contribution >= 0.6 is 0 Å². The lowest BCUT2D eigenvalue weighted by atomic mass is 10.3. The lowest BCUT2D eigenvalue weighted by Crippen LogP contribution is -2.46. The number of aromatic nitrogens is 3. The summed E-state index contributed by atoms with van der Waals surface area (Å²) in [6.07, 6.45) is 2.66. The van der Waals surface area contributed by atoms with Crippen LogP contribution in [0.15, 0.2) is 6.33 Å². The van der Waals surface area contributed by atoms with Gasteiger partial charge in [0, 0.05) is 59.3 Å². The number of piperazine rings is 1. The molecule has 102 valence electrons. The van der Waals surface area contributed by atoms with Crippen LogP contribution in [0.3, 0.4) is 0 Å². The number of hydrogen-bond acceptors (Lipinski definition) is 5. The lowest BCUT2D eigenvalue weighted by molar-refractivity contribution is 0.155. The maximum atomic E-state index is 4.26. The van der Waals surface area contributed by atoms with Crippen LogP contribution in [-0.2, 0) is 13.5 Å². The fourth-order valence-corrected chi connectivity index (χ4v) is 2.13. The van der Waals surface area contributed by atoms with Crippen molar-refractivity contribution >= 4 is 0 Å². The second kappa shape index (κ2) is 6.82. The van der Waals surface area contributed by atoms with Crippen LogP contribution in [-0.4, -0.2) is 77.4 Å². The average Bonchev–Trinajstić information content (AvgIpc) is 2.77. The van der Waals surface area contributed by atoms with E-state index >= 15 is 0 Å². The van der Waals surface area contributed by atoms with E-state index in [4.69, 9.17) is 0 Å². The largest absolute Gasteiger partial charge is 0.315 e. The second-order valence-electron chi connectivity index (χ2n) is 4.98. The molecule has 0 unspecified atom stereocenters. The zero-order valence-electron chi connectivity index (χ0n) is 11.5. The van der Waals surface area contributed by atoms with E-state index < -0.39 is 0 Å². The quantitative estimate of drug-likeness (QED) is 0.671. The summed E-state index contributed by atoms with van der Waals surface area (Å²) in [6.45, 7) is 7.92. The van der Waals surface area contributed by atoms with Gasteiger partial charge in [-0.05, 0) is 7.05 Å². The molecule has 0 radical (unpaired) electrons. The summed E-state index contributed by atoms with van der Waals surface area (Å²) in [7, 11) is 4.09. The molecular formula is C12H24N6. The highest BCUT2D eigenvalue weighted by molar-refractivity contribution is 4.82. The van der Waals surface area contributed by atoms with Gasteiger partial charge in [0.15, 0.2) is 5.82 Å². The first-order valence-electron chi connectivity index (χ1n) is 6.70. The Hall–Kier alpha value is -0.980. The molecule has 1 saturated heterocycles. The van der Waals surface area contributed by atoms with Crippen LogP contribution < -0.4 is 5.32 Å². The first-order chi connectivity index (χ1) is 8.74. The van der Waals surface area contributed by atoms with Crippen LogP contribution in [0, 0.1) is 0 Å². The molecule has 1 aliphatic rings. The molecule has 0 aromatic carbocycles. The van der Waals surface area contributed by atoms with Crippen molar-refractivity contribution in [3.8, 4) is 0 Å². The molecule has 2 heterocycles. The normalized spacial score (nSPS) is 18.3. The Bertz CT molecular complexity index is 342. The standard InChI is InChI=1S/C12H24N6/c1-16-7-9-18(10-8-16)6-5-13-4-3-12-14-11-17(2)15-12/h11,13H,3-10H2,1-2H3. The maximum Gasteiger partial charge on any atom is 0.151 e. The molecule has 1 aliphatic heterocycles. The third kappa shape index (κ3) is 4.36. The first kappa shape index (κ1) is 13.5. The molecule has 1 aromatic heterocycles. The summed E-state index contributed by atoms with van der Waals surface area (Å²) in [4.78, 5) is 9.11. The fourth-order valence-electron chi connectivity index (χ4n) is 2.13. The van der Waals surface area contributed by atoms with Crippen LogP contribution in [0.5, 0.6) is 0 Å². The van der Waals surface area contributed by atoms with Crippen LogP contribution in [0.1, 0.15) is 5.82 Å². The van der Waals surface area contributed by atoms with Crippen LogP contribution in [0.25, 0.3) is 0 Å². The summed E-state index contributed by atoms with van der Waals surface area (Å²) in [5.74, 6) is 0.921. The smallest absolute Gasteiger partial charge is 0.151 e. The van der Waals surface area contributed by atoms with Crippen molar-refractivity contribution in [2.24, 2.45) is 7.05 Å². The summed E-state index contributed by atoms with van der Waals surface area (Å²) < 4.78 is 1.75. The lowest BCUT2D eigenvalue weighted by Gasteiger charge is -2.32. The van der Waals surface area contributed by atoms with E-state index in [0.29, 0.717) is 0 Å². The van der Waals surface area contributed by atoms with Crippen LogP contribution in [0.2, 0.25) is 0 Å². The Morgan fingerprint density at radius 3 is 2.61 bits per heavy atom. The highest BCUT2D eigenvalue weighted by Gasteiger charge is 2.12. The van der Waals surface area contributed by atoms with Gasteiger partial charge >= 0.3 is 0 Å². The van der Waals surface area contributed by atoms with Gasteiger partial charge in [0.1, 0.15) is 6.33 Å². The summed E-state index contributed by atoms with van der Waals surface area (Å²) in [6, 6.07) is 0. The minimum Gasteiger partial charge on any atom is -0.315 e. The number of aryl methyl sites for hydroxylation is 1. The van der Waals surface area contributed by atoms with Crippen molar-refractivity contribution in [1.29, 1.82) is 0 Å². The van der Waals surface area contributed by atoms with Gasteiger partial charge in [-0.15, -0.1) is 0 Å². The maximum absolute atomic E-state index is 4.26. The van der Waals surface area contributed by atoms with E-state index in [-0.39, 0.29) is 0 Å².